The Kier molecular flexibility index (Phi) is 6.29. The standard InChI is InChI=1S/C21H18BrF3N4O3/c1-11(27-19(30)17-9-12-3-4-15(22)6-14(12)10-26-17)2-5-18-28-29-20(31-18)13-7-16(8-13)32-21(23,24)25/h3-4,6,9-10,13,16H,1-2,5,7-8H2,(H,27,30)/t13-,16+. The maximum Gasteiger partial charge on any atom is 0.522 e. The number of hydrogen-bond acceptors (Lipinski definition) is 6. The summed E-state index contributed by atoms with van der Waals surface area (Å²) in [7, 11) is 0. The fourth-order valence-electron chi connectivity index (χ4n) is 3.37. The molecule has 0 bridgehead atoms. The van der Waals surface area contributed by atoms with Crippen molar-refractivity contribution >= 4 is 32.6 Å². The second kappa shape index (κ2) is 8.99. The van der Waals surface area contributed by atoms with E-state index in [0.717, 1.165) is 15.2 Å². The zero-order valence-electron chi connectivity index (χ0n) is 16.7. The summed E-state index contributed by atoms with van der Waals surface area (Å²) in [6, 6.07) is 7.38. The van der Waals surface area contributed by atoms with E-state index in [1.54, 1.807) is 12.3 Å². The first-order chi connectivity index (χ1) is 15.2. The molecule has 7 nitrogen and oxygen atoms in total. The van der Waals surface area contributed by atoms with E-state index >= 15 is 0 Å². The third-order valence-electron chi connectivity index (χ3n) is 5.07. The molecular weight excluding hydrogens is 493 g/mol. The van der Waals surface area contributed by atoms with Gasteiger partial charge in [0.2, 0.25) is 11.8 Å². The number of allylic oxidation sites excluding steroid dienone is 1. The lowest BCUT2D eigenvalue weighted by Crippen LogP contribution is -2.34. The minimum Gasteiger partial charge on any atom is -0.425 e. The fourth-order valence-corrected chi connectivity index (χ4v) is 3.75. The van der Waals surface area contributed by atoms with Gasteiger partial charge in [0.15, 0.2) is 0 Å². The number of aryl methyl sites for hydroxylation is 1. The first kappa shape index (κ1) is 22.4. The van der Waals surface area contributed by atoms with E-state index in [4.69, 9.17) is 4.42 Å². The number of nitrogens with one attached hydrogen (secondary N) is 1. The number of rotatable bonds is 7. The molecule has 0 spiro atoms. The van der Waals surface area contributed by atoms with Crippen LogP contribution in [0.15, 0.2) is 51.6 Å². The van der Waals surface area contributed by atoms with Gasteiger partial charge in [-0.25, -0.2) is 0 Å². The molecule has 1 amide bonds. The quantitative estimate of drug-likeness (QED) is 0.478. The molecule has 2 aromatic heterocycles. The van der Waals surface area contributed by atoms with Crippen molar-refractivity contribution in [3.05, 3.63) is 64.7 Å². The number of nitrogens with zero attached hydrogens (tertiary/aromatic N) is 3. The molecule has 11 heteroatoms. The summed E-state index contributed by atoms with van der Waals surface area (Å²) in [4.78, 5) is 16.7. The second-order valence-electron chi connectivity index (χ2n) is 7.51. The van der Waals surface area contributed by atoms with Crippen molar-refractivity contribution in [1.82, 2.24) is 20.5 Å². The molecular formula is C21H18BrF3N4O3. The van der Waals surface area contributed by atoms with Crippen molar-refractivity contribution < 1.29 is 27.1 Å². The summed E-state index contributed by atoms with van der Waals surface area (Å²) in [5, 5.41) is 12.3. The largest absolute Gasteiger partial charge is 0.522 e. The number of carbonyl (C=O) groups excluding carboxylic acids is 1. The van der Waals surface area contributed by atoms with Crippen molar-refractivity contribution in [2.45, 2.75) is 44.1 Å². The molecule has 1 aliphatic carbocycles. The van der Waals surface area contributed by atoms with E-state index in [-0.39, 0.29) is 30.4 Å². The Hall–Kier alpha value is -2.79. The van der Waals surface area contributed by atoms with Crippen LogP contribution in [0.25, 0.3) is 10.8 Å². The number of alkyl halides is 3. The highest BCUT2D eigenvalue weighted by Gasteiger charge is 2.42. The number of benzene rings is 1. The summed E-state index contributed by atoms with van der Waals surface area (Å²) in [5.74, 6) is -0.00372. The topological polar surface area (TPSA) is 90.1 Å². The minimum atomic E-state index is -4.64. The van der Waals surface area contributed by atoms with Gasteiger partial charge in [-0.15, -0.1) is 23.4 Å². The maximum atomic E-state index is 12.5. The number of hydrogen-bond donors (Lipinski definition) is 1. The van der Waals surface area contributed by atoms with Crippen LogP contribution >= 0.6 is 15.9 Å². The van der Waals surface area contributed by atoms with Crippen LogP contribution in [-0.2, 0) is 11.2 Å². The van der Waals surface area contributed by atoms with Crippen molar-refractivity contribution in [3.63, 3.8) is 0 Å². The Morgan fingerprint density at radius 1 is 1.25 bits per heavy atom. The summed E-state index contributed by atoms with van der Waals surface area (Å²) in [5.41, 5.74) is 0.719. The molecule has 3 aromatic rings. The highest BCUT2D eigenvalue weighted by atomic mass is 79.9. The van der Waals surface area contributed by atoms with Crippen molar-refractivity contribution in [1.29, 1.82) is 0 Å². The van der Waals surface area contributed by atoms with Gasteiger partial charge < -0.3 is 9.73 Å². The predicted octanol–water partition coefficient (Wildman–Crippen LogP) is 5.04. The number of aromatic nitrogens is 3. The molecule has 2 heterocycles. The molecule has 0 radical (unpaired) electrons. The van der Waals surface area contributed by atoms with Crippen LogP contribution in [0.3, 0.4) is 0 Å². The van der Waals surface area contributed by atoms with Crippen LogP contribution < -0.4 is 5.32 Å². The van der Waals surface area contributed by atoms with Crippen LogP contribution in [0.4, 0.5) is 13.2 Å². The zero-order chi connectivity index (χ0) is 22.9. The molecule has 0 aliphatic heterocycles. The normalized spacial score (nSPS) is 18.4. The molecule has 1 saturated carbocycles. The second-order valence-corrected chi connectivity index (χ2v) is 8.42. The fraction of sp³-hybridized carbons (Fsp3) is 0.333. The molecule has 4 rings (SSSR count). The SMILES string of the molecule is C=C(CCc1nnc([C@H]2C[C@@H](OC(F)(F)F)C2)o1)NC(=O)c1cc2ccc(Br)cc2cn1. The number of ether oxygens (including phenoxy) is 1. The third-order valence-corrected chi connectivity index (χ3v) is 5.57. The molecule has 1 aliphatic rings. The van der Waals surface area contributed by atoms with E-state index in [1.165, 1.54) is 0 Å². The molecule has 32 heavy (non-hydrogen) atoms. The maximum absolute atomic E-state index is 12.5. The van der Waals surface area contributed by atoms with Crippen molar-refractivity contribution in [3.8, 4) is 0 Å². The summed E-state index contributed by atoms with van der Waals surface area (Å²) < 4.78 is 47.0. The molecule has 1 N–H and O–H groups in total. The van der Waals surface area contributed by atoms with E-state index in [1.807, 2.05) is 18.2 Å². The smallest absolute Gasteiger partial charge is 0.425 e. The van der Waals surface area contributed by atoms with Crippen LogP contribution in [0.2, 0.25) is 0 Å². The summed E-state index contributed by atoms with van der Waals surface area (Å²) >= 11 is 3.40. The predicted molar refractivity (Wildman–Crippen MR) is 112 cm³/mol. The molecule has 168 valence electrons. The number of fused-ring (bicyclic) bond motifs is 1. The summed E-state index contributed by atoms with van der Waals surface area (Å²) in [6.45, 7) is 3.84. The first-order valence-electron chi connectivity index (χ1n) is 9.77. The lowest BCUT2D eigenvalue weighted by atomic mass is 9.82. The Bertz CT molecular complexity index is 1160. The average molecular weight is 511 g/mol. The first-order valence-corrected chi connectivity index (χ1v) is 10.6. The summed E-state index contributed by atoms with van der Waals surface area (Å²) in [6.07, 6.45) is -2.84. The Labute approximate surface area is 189 Å². The van der Waals surface area contributed by atoms with E-state index in [0.29, 0.717) is 30.3 Å². The highest BCUT2D eigenvalue weighted by Crippen LogP contribution is 2.40. The van der Waals surface area contributed by atoms with Gasteiger partial charge in [-0.1, -0.05) is 28.6 Å². The van der Waals surface area contributed by atoms with Crippen LogP contribution in [-0.4, -0.2) is 33.6 Å². The lowest BCUT2D eigenvalue weighted by Gasteiger charge is -2.32. The van der Waals surface area contributed by atoms with Gasteiger partial charge in [0.25, 0.3) is 5.91 Å². The third kappa shape index (κ3) is 5.52. The number of halogens is 4. The lowest BCUT2D eigenvalue weighted by molar-refractivity contribution is -0.352. The Morgan fingerprint density at radius 2 is 2.03 bits per heavy atom. The van der Waals surface area contributed by atoms with Crippen molar-refractivity contribution in [2.24, 2.45) is 0 Å². The Morgan fingerprint density at radius 3 is 2.78 bits per heavy atom. The molecule has 1 fully saturated rings. The van der Waals surface area contributed by atoms with E-state index in [2.05, 4.69) is 47.7 Å². The Balaban J connectivity index is 1.26. The monoisotopic (exact) mass is 510 g/mol. The van der Waals surface area contributed by atoms with Gasteiger partial charge in [0.1, 0.15) is 5.69 Å². The van der Waals surface area contributed by atoms with E-state index < -0.39 is 12.5 Å². The zero-order valence-corrected chi connectivity index (χ0v) is 18.2. The molecule has 0 saturated heterocycles. The average Bonchev–Trinajstić information content (AvgIpc) is 3.16. The van der Waals surface area contributed by atoms with E-state index in [9.17, 15) is 18.0 Å². The van der Waals surface area contributed by atoms with Gasteiger partial charge in [0, 0.05) is 34.1 Å². The molecule has 1 aromatic carbocycles. The van der Waals surface area contributed by atoms with Gasteiger partial charge >= 0.3 is 6.36 Å². The minimum absolute atomic E-state index is 0.180. The van der Waals surface area contributed by atoms with Crippen LogP contribution in [0, 0.1) is 0 Å². The molecule has 0 unspecified atom stereocenters. The number of pyridine rings is 1. The van der Waals surface area contributed by atoms with Gasteiger partial charge in [-0.3, -0.25) is 14.5 Å². The molecule has 0 atom stereocenters. The van der Waals surface area contributed by atoms with Crippen LogP contribution in [0.5, 0.6) is 0 Å². The van der Waals surface area contributed by atoms with Gasteiger partial charge in [0.05, 0.1) is 6.10 Å². The highest BCUT2D eigenvalue weighted by molar-refractivity contribution is 9.10. The van der Waals surface area contributed by atoms with Crippen LogP contribution in [0.1, 0.15) is 47.5 Å². The van der Waals surface area contributed by atoms with Gasteiger partial charge in [-0.2, -0.15) is 0 Å². The van der Waals surface area contributed by atoms with Gasteiger partial charge in [-0.05, 0) is 42.8 Å². The van der Waals surface area contributed by atoms with Crippen molar-refractivity contribution in [2.75, 3.05) is 0 Å². The number of amides is 1. The number of carbonyl (C=O) groups is 1.